The SMILES string of the molecule is Cc1cc(C)c(-c2sc3c(-c4cc(C(C)C)c5ccccc5c4)nccc3c2C)c(C)c1. The molecule has 0 aliphatic heterocycles. The predicted octanol–water partition coefficient (Wildman–Crippen LogP) is 9.14. The first-order chi connectivity index (χ1) is 15.3. The number of hydrogen-bond acceptors (Lipinski definition) is 2. The number of pyridine rings is 1. The van der Waals surface area contributed by atoms with Gasteiger partial charge in [-0.2, -0.15) is 0 Å². The third kappa shape index (κ3) is 3.34. The summed E-state index contributed by atoms with van der Waals surface area (Å²) in [6.07, 6.45) is 1.97. The van der Waals surface area contributed by atoms with E-state index in [9.17, 15) is 0 Å². The molecule has 0 fully saturated rings. The molecule has 0 aliphatic rings. The van der Waals surface area contributed by atoms with Gasteiger partial charge in [0.05, 0.1) is 10.4 Å². The van der Waals surface area contributed by atoms with Crippen molar-refractivity contribution in [1.82, 2.24) is 4.98 Å². The Kier molecular flexibility index (Phi) is 5.14. The molecule has 2 aromatic heterocycles. The van der Waals surface area contributed by atoms with Crippen LogP contribution in [0.1, 0.15) is 47.6 Å². The first-order valence-corrected chi connectivity index (χ1v) is 12.2. The molecule has 32 heavy (non-hydrogen) atoms. The maximum atomic E-state index is 4.90. The highest BCUT2D eigenvalue weighted by Crippen LogP contribution is 2.44. The summed E-state index contributed by atoms with van der Waals surface area (Å²) in [6.45, 7) is 13.4. The average molecular weight is 436 g/mol. The molecule has 0 amide bonds. The van der Waals surface area contributed by atoms with Crippen molar-refractivity contribution in [3.05, 3.63) is 88.6 Å². The molecule has 0 saturated carbocycles. The summed E-state index contributed by atoms with van der Waals surface area (Å²) in [5.74, 6) is 0.456. The van der Waals surface area contributed by atoms with Crippen LogP contribution in [0.5, 0.6) is 0 Å². The van der Waals surface area contributed by atoms with E-state index in [4.69, 9.17) is 4.98 Å². The van der Waals surface area contributed by atoms with Crippen LogP contribution in [-0.4, -0.2) is 4.98 Å². The second kappa shape index (κ2) is 7.86. The molecule has 0 spiro atoms. The largest absolute Gasteiger partial charge is 0.255 e. The van der Waals surface area contributed by atoms with Crippen LogP contribution in [0.25, 0.3) is 42.6 Å². The molecular formula is C30H29NS. The number of nitrogens with zero attached hydrogens (tertiary/aromatic N) is 1. The number of fused-ring (bicyclic) bond motifs is 2. The van der Waals surface area contributed by atoms with Gasteiger partial charge in [-0.15, -0.1) is 11.3 Å². The summed E-state index contributed by atoms with van der Waals surface area (Å²) in [5, 5.41) is 3.94. The molecule has 0 aliphatic carbocycles. The molecule has 0 radical (unpaired) electrons. The molecule has 0 N–H and O–H groups in total. The number of aryl methyl sites for hydroxylation is 4. The molecule has 160 valence electrons. The highest BCUT2D eigenvalue weighted by molar-refractivity contribution is 7.23. The molecule has 0 unspecified atom stereocenters. The molecule has 2 heteroatoms. The van der Waals surface area contributed by atoms with E-state index in [1.807, 2.05) is 17.5 Å². The lowest BCUT2D eigenvalue weighted by atomic mass is 9.92. The van der Waals surface area contributed by atoms with Gasteiger partial charge in [-0.1, -0.05) is 55.8 Å². The van der Waals surface area contributed by atoms with Gasteiger partial charge in [0.2, 0.25) is 0 Å². The van der Waals surface area contributed by atoms with Crippen molar-refractivity contribution < 1.29 is 0 Å². The zero-order valence-corrected chi connectivity index (χ0v) is 20.5. The molecule has 0 bridgehead atoms. The van der Waals surface area contributed by atoms with E-state index in [0.29, 0.717) is 5.92 Å². The second-order valence-corrected chi connectivity index (χ2v) is 10.3. The summed E-state index contributed by atoms with van der Waals surface area (Å²) in [6, 6.07) is 20.1. The summed E-state index contributed by atoms with van der Waals surface area (Å²) in [7, 11) is 0. The van der Waals surface area contributed by atoms with Crippen molar-refractivity contribution >= 4 is 32.2 Å². The Hall–Kier alpha value is -2.97. The van der Waals surface area contributed by atoms with E-state index >= 15 is 0 Å². The van der Waals surface area contributed by atoms with Gasteiger partial charge < -0.3 is 0 Å². The third-order valence-corrected chi connectivity index (χ3v) is 7.88. The summed E-state index contributed by atoms with van der Waals surface area (Å²) in [5.41, 5.74) is 10.4. The fourth-order valence-corrected chi connectivity index (χ4v) is 6.57. The lowest BCUT2D eigenvalue weighted by molar-refractivity contribution is 0.876. The van der Waals surface area contributed by atoms with Gasteiger partial charge in [-0.25, -0.2) is 0 Å². The van der Waals surface area contributed by atoms with Crippen LogP contribution in [0, 0.1) is 27.7 Å². The summed E-state index contributed by atoms with van der Waals surface area (Å²) < 4.78 is 1.28. The van der Waals surface area contributed by atoms with E-state index in [1.54, 1.807) is 0 Å². The number of thiophene rings is 1. The molecule has 0 saturated heterocycles. The van der Waals surface area contributed by atoms with Crippen molar-refractivity contribution in [3.8, 4) is 21.7 Å². The van der Waals surface area contributed by atoms with Gasteiger partial charge in [0.1, 0.15) is 0 Å². The topological polar surface area (TPSA) is 12.9 Å². The van der Waals surface area contributed by atoms with Crippen LogP contribution in [0.2, 0.25) is 0 Å². The van der Waals surface area contributed by atoms with Crippen molar-refractivity contribution in [2.45, 2.75) is 47.5 Å². The van der Waals surface area contributed by atoms with Crippen LogP contribution in [0.4, 0.5) is 0 Å². The monoisotopic (exact) mass is 435 g/mol. The normalized spacial score (nSPS) is 11.7. The Morgan fingerprint density at radius 2 is 1.53 bits per heavy atom. The zero-order chi connectivity index (χ0) is 22.6. The minimum absolute atomic E-state index is 0.456. The Labute approximate surface area is 194 Å². The van der Waals surface area contributed by atoms with E-state index in [2.05, 4.69) is 96.1 Å². The fourth-order valence-electron chi connectivity index (χ4n) is 5.08. The Morgan fingerprint density at radius 1 is 0.812 bits per heavy atom. The number of rotatable bonds is 3. The van der Waals surface area contributed by atoms with Crippen molar-refractivity contribution in [1.29, 1.82) is 0 Å². The van der Waals surface area contributed by atoms with E-state index in [1.165, 1.54) is 64.7 Å². The highest BCUT2D eigenvalue weighted by Gasteiger charge is 2.19. The molecule has 5 rings (SSSR count). The second-order valence-electron chi connectivity index (χ2n) is 9.31. The average Bonchev–Trinajstić information content (AvgIpc) is 3.08. The van der Waals surface area contributed by atoms with Crippen LogP contribution < -0.4 is 0 Å². The van der Waals surface area contributed by atoms with E-state index in [-0.39, 0.29) is 0 Å². The molecule has 2 heterocycles. The summed E-state index contributed by atoms with van der Waals surface area (Å²) >= 11 is 1.89. The zero-order valence-electron chi connectivity index (χ0n) is 19.7. The van der Waals surface area contributed by atoms with Crippen LogP contribution in [0.15, 0.2) is 60.8 Å². The van der Waals surface area contributed by atoms with Gasteiger partial charge in [0.25, 0.3) is 0 Å². The molecule has 3 aromatic carbocycles. The van der Waals surface area contributed by atoms with Crippen molar-refractivity contribution in [2.24, 2.45) is 0 Å². The first kappa shape index (κ1) is 20.9. The van der Waals surface area contributed by atoms with Gasteiger partial charge in [-0.05, 0) is 95.8 Å². The van der Waals surface area contributed by atoms with Gasteiger partial charge in [0.15, 0.2) is 0 Å². The van der Waals surface area contributed by atoms with Gasteiger partial charge in [0, 0.05) is 16.6 Å². The van der Waals surface area contributed by atoms with E-state index in [0.717, 1.165) is 5.69 Å². The fraction of sp³-hybridized carbons (Fsp3) is 0.233. The van der Waals surface area contributed by atoms with Crippen LogP contribution >= 0.6 is 11.3 Å². The van der Waals surface area contributed by atoms with Crippen molar-refractivity contribution in [2.75, 3.05) is 0 Å². The minimum atomic E-state index is 0.456. The highest BCUT2D eigenvalue weighted by atomic mass is 32.1. The molecular weight excluding hydrogens is 406 g/mol. The maximum absolute atomic E-state index is 4.90. The number of aromatic nitrogens is 1. The Balaban J connectivity index is 1.79. The lowest BCUT2D eigenvalue weighted by Crippen LogP contribution is -1.92. The van der Waals surface area contributed by atoms with Gasteiger partial charge >= 0.3 is 0 Å². The lowest BCUT2D eigenvalue weighted by Gasteiger charge is -2.13. The predicted molar refractivity (Wildman–Crippen MR) is 141 cm³/mol. The van der Waals surface area contributed by atoms with Crippen molar-refractivity contribution in [3.63, 3.8) is 0 Å². The Bertz CT molecular complexity index is 1460. The number of hydrogen-bond donors (Lipinski definition) is 0. The van der Waals surface area contributed by atoms with Crippen LogP contribution in [-0.2, 0) is 0 Å². The third-order valence-electron chi connectivity index (χ3n) is 6.55. The maximum Gasteiger partial charge on any atom is 0.0880 e. The Morgan fingerprint density at radius 3 is 2.25 bits per heavy atom. The molecule has 5 aromatic rings. The molecule has 1 nitrogen and oxygen atoms in total. The minimum Gasteiger partial charge on any atom is -0.255 e. The van der Waals surface area contributed by atoms with Gasteiger partial charge in [-0.3, -0.25) is 4.98 Å². The molecule has 0 atom stereocenters. The van der Waals surface area contributed by atoms with Crippen LogP contribution in [0.3, 0.4) is 0 Å². The quantitative estimate of drug-likeness (QED) is 0.275. The standard InChI is InChI=1S/C30H29NS/c1-17(2)26-16-23(15-22-9-7-8-10-25(22)26)28-30-24(11-12-31-28)21(6)29(32-30)27-19(4)13-18(3)14-20(27)5/h7-17H,1-6H3. The van der Waals surface area contributed by atoms with E-state index < -0.39 is 0 Å². The summed E-state index contributed by atoms with van der Waals surface area (Å²) in [4.78, 5) is 6.27. The first-order valence-electron chi connectivity index (χ1n) is 11.3. The number of benzene rings is 3. The smallest absolute Gasteiger partial charge is 0.0880 e.